The molecule has 0 radical (unpaired) electrons. The van der Waals surface area contributed by atoms with E-state index in [1.807, 2.05) is 0 Å². The van der Waals surface area contributed by atoms with Crippen molar-refractivity contribution < 1.29 is 17.9 Å². The van der Waals surface area contributed by atoms with Crippen molar-refractivity contribution in [3.63, 3.8) is 0 Å². The third kappa shape index (κ3) is 2.34. The highest BCUT2D eigenvalue weighted by Crippen LogP contribution is 2.26. The Hall–Kier alpha value is -1.39. The van der Waals surface area contributed by atoms with Crippen molar-refractivity contribution in [2.75, 3.05) is 13.4 Å². The highest BCUT2D eigenvalue weighted by atomic mass is 32.2. The van der Waals surface area contributed by atoms with E-state index in [9.17, 15) is 13.2 Å². The Kier molecular flexibility index (Phi) is 3.12. The van der Waals surface area contributed by atoms with Crippen LogP contribution in [0.5, 0.6) is 0 Å². The summed E-state index contributed by atoms with van der Waals surface area (Å²) >= 11 is 0.739. The van der Waals surface area contributed by atoms with Crippen LogP contribution in [0.1, 0.15) is 15.2 Å². The van der Waals surface area contributed by atoms with Gasteiger partial charge in [-0.2, -0.15) is 5.26 Å². The molecule has 0 amide bonds. The lowest BCUT2D eigenvalue weighted by atomic mass is 10.3. The molecule has 0 saturated carbocycles. The molecule has 0 bridgehead atoms. The minimum absolute atomic E-state index is 0.0251. The number of carbonyl (C=O) groups is 1. The molecule has 1 heterocycles. The normalized spacial score (nSPS) is 10.7. The maximum atomic E-state index is 11.2. The quantitative estimate of drug-likeness (QED) is 0.720. The average molecular weight is 245 g/mol. The van der Waals surface area contributed by atoms with Crippen LogP contribution in [0.25, 0.3) is 0 Å². The molecule has 0 aliphatic carbocycles. The number of carbonyl (C=O) groups excluding carboxylic acids is 1. The summed E-state index contributed by atoms with van der Waals surface area (Å²) in [4.78, 5) is 11.2. The zero-order valence-corrected chi connectivity index (χ0v) is 9.61. The predicted octanol–water partition coefficient (Wildman–Crippen LogP) is 0.810. The smallest absolute Gasteiger partial charge is 0.348 e. The van der Waals surface area contributed by atoms with Gasteiger partial charge in [0.2, 0.25) is 0 Å². The third-order valence-electron chi connectivity index (χ3n) is 1.54. The molecule has 0 unspecified atom stereocenters. The molecule has 0 atom stereocenters. The topological polar surface area (TPSA) is 84.2 Å². The van der Waals surface area contributed by atoms with Crippen molar-refractivity contribution in [3.8, 4) is 6.07 Å². The van der Waals surface area contributed by atoms with Gasteiger partial charge in [0.25, 0.3) is 0 Å². The Morgan fingerprint density at radius 1 is 1.60 bits per heavy atom. The summed E-state index contributed by atoms with van der Waals surface area (Å²) in [5, 5.41) is 8.69. The van der Waals surface area contributed by atoms with Gasteiger partial charge in [0.15, 0.2) is 9.84 Å². The number of rotatable bonds is 2. The lowest BCUT2D eigenvalue weighted by molar-refractivity contribution is 0.0606. The first-order valence-electron chi connectivity index (χ1n) is 3.72. The van der Waals surface area contributed by atoms with E-state index < -0.39 is 15.8 Å². The maximum Gasteiger partial charge on any atom is 0.348 e. The molecule has 0 fully saturated rings. The van der Waals surface area contributed by atoms with Crippen LogP contribution in [0.3, 0.4) is 0 Å². The summed E-state index contributed by atoms with van der Waals surface area (Å²) < 4.78 is 26.8. The zero-order valence-electron chi connectivity index (χ0n) is 7.97. The van der Waals surface area contributed by atoms with Crippen LogP contribution in [-0.4, -0.2) is 27.8 Å². The number of hydrogen-bond acceptors (Lipinski definition) is 6. The van der Waals surface area contributed by atoms with Gasteiger partial charge in [-0.25, -0.2) is 13.2 Å². The molecular weight excluding hydrogens is 238 g/mol. The van der Waals surface area contributed by atoms with Crippen LogP contribution in [0.4, 0.5) is 0 Å². The van der Waals surface area contributed by atoms with Gasteiger partial charge in [0.05, 0.1) is 12.7 Å². The van der Waals surface area contributed by atoms with E-state index in [-0.39, 0.29) is 14.6 Å². The SMILES string of the molecule is COC(=O)c1cc(C#N)c(S(C)(=O)=O)s1. The second kappa shape index (κ2) is 4.00. The van der Waals surface area contributed by atoms with E-state index in [4.69, 9.17) is 5.26 Å². The highest BCUT2D eigenvalue weighted by molar-refractivity contribution is 7.92. The van der Waals surface area contributed by atoms with Crippen molar-refractivity contribution in [1.82, 2.24) is 0 Å². The number of thiophene rings is 1. The third-order valence-corrected chi connectivity index (χ3v) is 4.50. The van der Waals surface area contributed by atoms with Crippen LogP contribution in [0.15, 0.2) is 10.3 Å². The summed E-state index contributed by atoms with van der Waals surface area (Å²) in [6, 6.07) is 2.94. The average Bonchev–Trinajstić information content (AvgIpc) is 2.59. The number of nitriles is 1. The Labute approximate surface area is 90.8 Å². The van der Waals surface area contributed by atoms with Gasteiger partial charge in [-0.05, 0) is 6.07 Å². The van der Waals surface area contributed by atoms with Crippen molar-refractivity contribution in [2.24, 2.45) is 0 Å². The van der Waals surface area contributed by atoms with Crippen molar-refractivity contribution in [2.45, 2.75) is 4.21 Å². The Balaban J connectivity index is 3.38. The van der Waals surface area contributed by atoms with Gasteiger partial charge < -0.3 is 4.74 Å². The summed E-state index contributed by atoms with van der Waals surface area (Å²) in [6.45, 7) is 0. The molecule has 0 saturated heterocycles. The number of ether oxygens (including phenoxy) is 1. The molecule has 0 aliphatic rings. The minimum atomic E-state index is -3.48. The van der Waals surface area contributed by atoms with Crippen LogP contribution in [0.2, 0.25) is 0 Å². The monoisotopic (exact) mass is 245 g/mol. The molecule has 15 heavy (non-hydrogen) atoms. The second-order valence-electron chi connectivity index (χ2n) is 2.69. The number of sulfone groups is 1. The predicted molar refractivity (Wildman–Crippen MR) is 53.5 cm³/mol. The van der Waals surface area contributed by atoms with Crippen LogP contribution in [0, 0.1) is 11.3 Å². The molecule has 1 aromatic heterocycles. The molecule has 7 heteroatoms. The summed E-state index contributed by atoms with van der Waals surface area (Å²) in [5.41, 5.74) is -0.0251. The van der Waals surface area contributed by atoms with Crippen LogP contribution < -0.4 is 0 Å². The zero-order chi connectivity index (χ0) is 11.6. The van der Waals surface area contributed by atoms with Gasteiger partial charge in [0, 0.05) is 6.26 Å². The fourth-order valence-electron chi connectivity index (χ4n) is 0.929. The van der Waals surface area contributed by atoms with Gasteiger partial charge in [-0.3, -0.25) is 0 Å². The van der Waals surface area contributed by atoms with Gasteiger partial charge >= 0.3 is 5.97 Å². The summed E-state index contributed by atoms with van der Waals surface area (Å²) in [5.74, 6) is -0.647. The Morgan fingerprint density at radius 2 is 2.20 bits per heavy atom. The van der Waals surface area contributed by atoms with E-state index >= 15 is 0 Å². The van der Waals surface area contributed by atoms with Crippen molar-refractivity contribution >= 4 is 27.1 Å². The molecule has 5 nitrogen and oxygen atoms in total. The molecule has 1 rings (SSSR count). The molecule has 0 spiro atoms. The molecule has 0 aliphatic heterocycles. The summed E-state index contributed by atoms with van der Waals surface area (Å²) in [7, 11) is -2.29. The first-order valence-corrected chi connectivity index (χ1v) is 6.43. The first kappa shape index (κ1) is 11.7. The van der Waals surface area contributed by atoms with Crippen molar-refractivity contribution in [3.05, 3.63) is 16.5 Å². The molecule has 0 N–H and O–H groups in total. The lowest BCUT2D eigenvalue weighted by Gasteiger charge is -1.92. The lowest BCUT2D eigenvalue weighted by Crippen LogP contribution is -1.97. The van der Waals surface area contributed by atoms with Crippen molar-refractivity contribution in [1.29, 1.82) is 5.26 Å². The fourth-order valence-corrected chi connectivity index (χ4v) is 3.07. The Morgan fingerprint density at radius 3 is 2.53 bits per heavy atom. The Bertz CT molecular complexity index is 535. The highest BCUT2D eigenvalue weighted by Gasteiger charge is 2.21. The minimum Gasteiger partial charge on any atom is -0.465 e. The molecule has 0 aromatic carbocycles. The second-order valence-corrected chi connectivity index (χ2v) is 5.95. The van der Waals surface area contributed by atoms with E-state index in [2.05, 4.69) is 4.74 Å². The number of esters is 1. The standard InChI is InChI=1S/C8H7NO4S2/c1-13-7(10)6-3-5(4-9)8(14-6)15(2,11)12/h3H,1-2H3. The number of hydrogen-bond donors (Lipinski definition) is 0. The van der Waals surface area contributed by atoms with E-state index in [0.717, 1.165) is 17.6 Å². The van der Waals surface area contributed by atoms with Gasteiger partial charge in [0.1, 0.15) is 15.2 Å². The van der Waals surface area contributed by atoms with E-state index in [1.165, 1.54) is 13.2 Å². The number of nitrogens with zero attached hydrogens (tertiary/aromatic N) is 1. The van der Waals surface area contributed by atoms with Crippen LogP contribution in [-0.2, 0) is 14.6 Å². The molecule has 1 aromatic rings. The first-order chi connectivity index (χ1) is 6.90. The maximum absolute atomic E-state index is 11.2. The van der Waals surface area contributed by atoms with Crippen LogP contribution >= 0.6 is 11.3 Å². The summed E-state index contributed by atoms with van der Waals surface area (Å²) in [6.07, 6.45) is 0.987. The van der Waals surface area contributed by atoms with E-state index in [1.54, 1.807) is 6.07 Å². The molecular formula is C8H7NO4S2. The largest absolute Gasteiger partial charge is 0.465 e. The number of methoxy groups -OCH3 is 1. The van der Waals surface area contributed by atoms with Gasteiger partial charge in [-0.15, -0.1) is 11.3 Å². The van der Waals surface area contributed by atoms with E-state index in [0.29, 0.717) is 0 Å². The molecule has 80 valence electrons. The van der Waals surface area contributed by atoms with Gasteiger partial charge in [-0.1, -0.05) is 0 Å². The fraction of sp³-hybridized carbons (Fsp3) is 0.250.